The lowest BCUT2D eigenvalue weighted by Gasteiger charge is -2.31. The molecule has 3 N–H and O–H groups in total. The third kappa shape index (κ3) is 8.40. The van der Waals surface area contributed by atoms with Crippen molar-refractivity contribution in [3.05, 3.63) is 69.2 Å². The number of hydrogen-bond acceptors (Lipinski definition) is 5. The summed E-state index contributed by atoms with van der Waals surface area (Å²) in [4.78, 5) is 51.8. The van der Waals surface area contributed by atoms with Crippen molar-refractivity contribution >= 4 is 64.7 Å². The quantitative estimate of drug-likeness (QED) is 0.265. The van der Waals surface area contributed by atoms with Gasteiger partial charge in [-0.25, -0.2) is 4.79 Å². The maximum atomic E-state index is 13.2. The normalized spacial score (nSPS) is 15.0. The van der Waals surface area contributed by atoms with Gasteiger partial charge in [0.05, 0.1) is 21.2 Å². The van der Waals surface area contributed by atoms with Crippen LogP contribution in [0.15, 0.2) is 47.4 Å². The SMILES string of the molecule is CSc1ccc(C=CC(=O)N2CCC(C(=O)NC(CNC(=O)c3ccccc3C(F)(F)F)C(=O)O)CC2)c(Cl)c1Cl. The van der Waals surface area contributed by atoms with Crippen LogP contribution in [-0.4, -0.2) is 65.6 Å². The second-order valence-corrected chi connectivity index (χ2v) is 10.7. The van der Waals surface area contributed by atoms with Crippen molar-refractivity contribution in [2.75, 3.05) is 25.9 Å². The molecule has 0 spiro atoms. The largest absolute Gasteiger partial charge is 0.480 e. The van der Waals surface area contributed by atoms with E-state index >= 15 is 0 Å². The molecule has 1 aliphatic rings. The van der Waals surface area contributed by atoms with E-state index in [1.165, 1.54) is 23.9 Å². The Morgan fingerprint density at radius 3 is 2.37 bits per heavy atom. The molecule has 1 heterocycles. The minimum Gasteiger partial charge on any atom is -0.480 e. The molecule has 3 amide bonds. The molecule has 0 saturated carbocycles. The van der Waals surface area contributed by atoms with E-state index in [1.807, 2.05) is 6.26 Å². The van der Waals surface area contributed by atoms with Gasteiger partial charge in [-0.1, -0.05) is 41.4 Å². The number of aliphatic carboxylic acids is 1. The van der Waals surface area contributed by atoms with Gasteiger partial charge in [0.15, 0.2) is 0 Å². The lowest BCUT2D eigenvalue weighted by molar-refractivity contribution is -0.142. The number of likely N-dealkylation sites (tertiary alicyclic amines) is 1. The van der Waals surface area contributed by atoms with E-state index in [1.54, 1.807) is 23.1 Å². The molecule has 2 aromatic carbocycles. The summed E-state index contributed by atoms with van der Waals surface area (Å²) >= 11 is 14.0. The fraction of sp³-hybridized carbons (Fsp3) is 0.333. The Balaban J connectivity index is 1.53. The minimum atomic E-state index is -4.78. The van der Waals surface area contributed by atoms with Crippen molar-refractivity contribution in [1.82, 2.24) is 15.5 Å². The molecular formula is C27H26Cl2F3N3O5S. The number of hydrogen-bond donors (Lipinski definition) is 3. The Hall–Kier alpha value is -3.22. The Morgan fingerprint density at radius 1 is 1.10 bits per heavy atom. The fourth-order valence-corrected chi connectivity index (χ4v) is 5.34. The van der Waals surface area contributed by atoms with E-state index in [2.05, 4.69) is 10.6 Å². The van der Waals surface area contributed by atoms with Crippen LogP contribution < -0.4 is 10.6 Å². The van der Waals surface area contributed by atoms with E-state index < -0.39 is 53.6 Å². The first-order valence-electron chi connectivity index (χ1n) is 12.3. The van der Waals surface area contributed by atoms with E-state index in [0.29, 0.717) is 15.6 Å². The van der Waals surface area contributed by atoms with Crippen LogP contribution in [0.25, 0.3) is 6.08 Å². The molecule has 0 aliphatic carbocycles. The van der Waals surface area contributed by atoms with Crippen LogP contribution in [0.1, 0.15) is 34.3 Å². The number of piperidine rings is 1. The zero-order valence-corrected chi connectivity index (χ0v) is 24.0. The molecule has 220 valence electrons. The van der Waals surface area contributed by atoms with Gasteiger partial charge in [-0.3, -0.25) is 14.4 Å². The fourth-order valence-electron chi connectivity index (χ4n) is 4.17. The molecule has 0 bridgehead atoms. The topological polar surface area (TPSA) is 116 Å². The first-order valence-corrected chi connectivity index (χ1v) is 14.3. The molecule has 3 rings (SSSR count). The summed E-state index contributed by atoms with van der Waals surface area (Å²) in [5.74, 6) is -4.08. The summed E-state index contributed by atoms with van der Waals surface area (Å²) in [6.45, 7) is -0.146. The van der Waals surface area contributed by atoms with Crippen molar-refractivity contribution in [1.29, 1.82) is 0 Å². The van der Waals surface area contributed by atoms with Gasteiger partial charge in [0, 0.05) is 36.5 Å². The molecule has 14 heteroatoms. The van der Waals surface area contributed by atoms with E-state index in [9.17, 15) is 37.5 Å². The molecule has 2 aromatic rings. The maximum absolute atomic E-state index is 13.2. The highest BCUT2D eigenvalue weighted by molar-refractivity contribution is 7.98. The van der Waals surface area contributed by atoms with Gasteiger partial charge >= 0.3 is 12.1 Å². The molecule has 1 atom stereocenters. The molecule has 0 radical (unpaired) electrons. The standard InChI is InChI=1S/C27H26Cl2F3N3O5S/c1-41-20-8-6-15(22(28)23(20)29)7-9-21(36)35-12-10-16(11-13-35)24(37)34-19(26(39)40)14-33-25(38)17-4-2-3-5-18(17)27(30,31)32/h2-9,16,19H,10-14H2,1H3,(H,33,38)(H,34,37)(H,39,40). The zero-order chi connectivity index (χ0) is 30.3. The Morgan fingerprint density at radius 2 is 1.76 bits per heavy atom. The summed E-state index contributed by atoms with van der Waals surface area (Å²) in [5, 5.41) is 14.7. The van der Waals surface area contributed by atoms with Gasteiger partial charge in [-0.15, -0.1) is 11.8 Å². The van der Waals surface area contributed by atoms with Crippen LogP contribution in [0.3, 0.4) is 0 Å². The van der Waals surface area contributed by atoms with Crippen molar-refractivity contribution in [2.24, 2.45) is 5.92 Å². The lowest BCUT2D eigenvalue weighted by Crippen LogP contribution is -2.51. The number of nitrogens with one attached hydrogen (secondary N) is 2. The molecule has 1 fully saturated rings. The van der Waals surface area contributed by atoms with Gasteiger partial charge in [-0.05, 0) is 48.9 Å². The summed E-state index contributed by atoms with van der Waals surface area (Å²) in [6.07, 6.45) is 0.522. The first kappa shape index (κ1) is 32.3. The number of halogens is 5. The number of alkyl halides is 3. The number of benzene rings is 2. The van der Waals surface area contributed by atoms with Gasteiger partial charge in [0.25, 0.3) is 5.91 Å². The van der Waals surface area contributed by atoms with Crippen molar-refractivity contribution in [2.45, 2.75) is 30.0 Å². The highest BCUT2D eigenvalue weighted by Crippen LogP contribution is 2.35. The van der Waals surface area contributed by atoms with E-state index in [4.69, 9.17) is 23.2 Å². The van der Waals surface area contributed by atoms with Crippen molar-refractivity contribution in [3.8, 4) is 0 Å². The number of thioether (sulfide) groups is 1. The summed E-state index contributed by atoms with van der Waals surface area (Å²) in [7, 11) is 0. The average Bonchev–Trinajstić information content (AvgIpc) is 2.95. The van der Waals surface area contributed by atoms with Crippen LogP contribution in [0.5, 0.6) is 0 Å². The smallest absolute Gasteiger partial charge is 0.417 e. The van der Waals surface area contributed by atoms with E-state index in [-0.39, 0.29) is 31.8 Å². The summed E-state index contributed by atoms with van der Waals surface area (Å²) in [5.41, 5.74) is -1.25. The predicted octanol–water partition coefficient (Wildman–Crippen LogP) is 4.99. The van der Waals surface area contributed by atoms with E-state index in [0.717, 1.165) is 23.1 Å². The zero-order valence-electron chi connectivity index (χ0n) is 21.6. The van der Waals surface area contributed by atoms with Gasteiger partial charge in [0.2, 0.25) is 11.8 Å². The summed E-state index contributed by atoms with van der Waals surface area (Å²) < 4.78 is 39.6. The van der Waals surface area contributed by atoms with Crippen LogP contribution >= 0.6 is 35.0 Å². The molecule has 1 aliphatic heterocycles. The van der Waals surface area contributed by atoms with Gasteiger partial charge in [0.1, 0.15) is 6.04 Å². The highest BCUT2D eigenvalue weighted by Gasteiger charge is 2.35. The number of carbonyl (C=O) groups is 4. The molecular weight excluding hydrogens is 606 g/mol. The highest BCUT2D eigenvalue weighted by atomic mass is 35.5. The number of nitrogens with zero attached hydrogens (tertiary/aromatic N) is 1. The minimum absolute atomic E-state index is 0.240. The number of carboxylic acids is 1. The second-order valence-electron chi connectivity index (χ2n) is 9.07. The molecule has 1 saturated heterocycles. The molecule has 1 unspecified atom stereocenters. The van der Waals surface area contributed by atoms with Gasteiger partial charge < -0.3 is 20.6 Å². The molecule has 41 heavy (non-hydrogen) atoms. The average molecular weight is 632 g/mol. The summed E-state index contributed by atoms with van der Waals surface area (Å²) in [6, 6.07) is 6.07. The second kappa shape index (κ2) is 14.1. The van der Waals surface area contributed by atoms with Crippen LogP contribution in [0, 0.1) is 5.92 Å². The van der Waals surface area contributed by atoms with Crippen molar-refractivity contribution in [3.63, 3.8) is 0 Å². The number of amides is 3. The molecule has 0 aromatic heterocycles. The predicted molar refractivity (Wildman–Crippen MR) is 150 cm³/mol. The van der Waals surface area contributed by atoms with Gasteiger partial charge in [-0.2, -0.15) is 13.2 Å². The third-order valence-electron chi connectivity index (χ3n) is 6.44. The maximum Gasteiger partial charge on any atom is 0.417 e. The Kier molecular flexibility index (Phi) is 11.1. The molecule has 8 nitrogen and oxygen atoms in total. The first-order chi connectivity index (χ1) is 19.3. The Labute approximate surface area is 248 Å². The number of carboxylic acid groups (broad SMARTS) is 1. The van der Waals surface area contributed by atoms with Crippen LogP contribution in [-0.2, 0) is 20.6 Å². The van der Waals surface area contributed by atoms with Crippen LogP contribution in [0.4, 0.5) is 13.2 Å². The van der Waals surface area contributed by atoms with Crippen LogP contribution in [0.2, 0.25) is 10.0 Å². The number of rotatable bonds is 9. The monoisotopic (exact) mass is 631 g/mol. The number of carbonyl (C=O) groups excluding carboxylic acids is 3. The third-order valence-corrected chi connectivity index (χ3v) is 8.23. The van der Waals surface area contributed by atoms with Crippen molar-refractivity contribution < 1.29 is 37.5 Å². The lowest BCUT2D eigenvalue weighted by atomic mass is 9.95. The Bertz CT molecular complexity index is 1350.